The van der Waals surface area contributed by atoms with Gasteiger partial charge < -0.3 is 14.5 Å². The van der Waals surface area contributed by atoms with E-state index in [0.717, 1.165) is 54.2 Å². The highest BCUT2D eigenvalue weighted by Crippen LogP contribution is 2.34. The third kappa shape index (κ3) is 5.49. The quantitative estimate of drug-likeness (QED) is 0.395. The number of benzene rings is 1. The number of hydrogen-bond acceptors (Lipinski definition) is 6. The summed E-state index contributed by atoms with van der Waals surface area (Å²) in [7, 11) is 1.59. The van der Waals surface area contributed by atoms with E-state index < -0.39 is 10.0 Å². The molecule has 1 aromatic carbocycles. The SMILES string of the molecule is CN1CCN(c2ccc(-c3nn(COCCS(C)(C)C)c4cnc(Cl)nc34)cc2)CC1. The van der Waals surface area contributed by atoms with E-state index in [1.165, 1.54) is 5.69 Å². The van der Waals surface area contributed by atoms with Crippen LogP contribution in [0.4, 0.5) is 5.69 Å². The molecule has 1 aliphatic rings. The van der Waals surface area contributed by atoms with Gasteiger partial charge in [-0.2, -0.15) is 5.10 Å². The van der Waals surface area contributed by atoms with Gasteiger partial charge in [-0.05, 0) is 49.5 Å². The van der Waals surface area contributed by atoms with Crippen LogP contribution >= 0.6 is 21.6 Å². The third-order valence-electron chi connectivity index (χ3n) is 5.53. The second-order valence-electron chi connectivity index (χ2n) is 8.89. The monoisotopic (exact) mass is 462 g/mol. The molecule has 0 atom stereocenters. The van der Waals surface area contributed by atoms with E-state index >= 15 is 0 Å². The molecule has 0 bridgehead atoms. The summed E-state index contributed by atoms with van der Waals surface area (Å²) in [6, 6.07) is 8.55. The fourth-order valence-corrected chi connectivity index (χ4v) is 4.34. The minimum absolute atomic E-state index is 0.222. The molecule has 2 aromatic heterocycles. The first-order valence-electron chi connectivity index (χ1n) is 10.5. The summed E-state index contributed by atoms with van der Waals surface area (Å²) < 4.78 is 7.74. The second-order valence-corrected chi connectivity index (χ2v) is 13.8. The summed E-state index contributed by atoms with van der Waals surface area (Å²) in [4.78, 5) is 13.4. The zero-order valence-electron chi connectivity index (χ0n) is 18.7. The van der Waals surface area contributed by atoms with Crippen molar-refractivity contribution in [1.29, 1.82) is 0 Å². The zero-order chi connectivity index (χ0) is 22.0. The summed E-state index contributed by atoms with van der Waals surface area (Å²) in [5, 5.41) is 5.03. The Kier molecular flexibility index (Phi) is 6.71. The van der Waals surface area contributed by atoms with Crippen LogP contribution in [0, 0.1) is 0 Å². The molecule has 3 aromatic rings. The van der Waals surface area contributed by atoms with Gasteiger partial charge in [0, 0.05) is 43.2 Å². The number of halogens is 1. The van der Waals surface area contributed by atoms with Gasteiger partial charge in [-0.25, -0.2) is 24.7 Å². The highest BCUT2D eigenvalue weighted by Gasteiger charge is 2.17. The minimum atomic E-state index is -0.584. The fraction of sp³-hybridized carbons (Fsp3) is 0.500. The number of nitrogens with zero attached hydrogens (tertiary/aromatic N) is 6. The molecule has 0 saturated carbocycles. The van der Waals surface area contributed by atoms with Crippen molar-refractivity contribution in [2.24, 2.45) is 0 Å². The van der Waals surface area contributed by atoms with Crippen LogP contribution < -0.4 is 4.90 Å². The highest BCUT2D eigenvalue weighted by atomic mass is 35.5. The van der Waals surface area contributed by atoms with E-state index in [0.29, 0.717) is 13.3 Å². The van der Waals surface area contributed by atoms with Crippen LogP contribution in [0.5, 0.6) is 0 Å². The summed E-state index contributed by atoms with van der Waals surface area (Å²) in [5.41, 5.74) is 4.62. The maximum atomic E-state index is 6.10. The molecule has 4 rings (SSSR count). The van der Waals surface area contributed by atoms with E-state index in [2.05, 4.69) is 69.8 Å². The lowest BCUT2D eigenvalue weighted by Gasteiger charge is -2.34. The van der Waals surface area contributed by atoms with Crippen LogP contribution in [0.3, 0.4) is 0 Å². The van der Waals surface area contributed by atoms with Crippen molar-refractivity contribution >= 4 is 38.3 Å². The van der Waals surface area contributed by atoms with Gasteiger partial charge in [0.2, 0.25) is 5.28 Å². The van der Waals surface area contributed by atoms with Crippen molar-refractivity contribution in [2.75, 3.05) is 69.3 Å². The molecule has 1 fully saturated rings. The molecule has 0 radical (unpaired) electrons. The Morgan fingerprint density at radius 1 is 1.06 bits per heavy atom. The maximum Gasteiger partial charge on any atom is 0.223 e. The molecule has 0 amide bonds. The van der Waals surface area contributed by atoms with E-state index in [9.17, 15) is 0 Å². The molecule has 0 spiro atoms. The second kappa shape index (κ2) is 9.32. The van der Waals surface area contributed by atoms with Crippen molar-refractivity contribution in [1.82, 2.24) is 24.6 Å². The molecule has 0 unspecified atom stereocenters. The number of aromatic nitrogens is 4. The number of likely N-dealkylation sites (N-methyl/N-ethyl adjacent to an activating group) is 1. The van der Waals surface area contributed by atoms with Gasteiger partial charge in [-0.15, -0.1) is 0 Å². The Morgan fingerprint density at radius 3 is 2.45 bits per heavy atom. The lowest BCUT2D eigenvalue weighted by Crippen LogP contribution is -2.44. The van der Waals surface area contributed by atoms with Gasteiger partial charge in [0.25, 0.3) is 0 Å². The van der Waals surface area contributed by atoms with Gasteiger partial charge in [0.05, 0.1) is 12.8 Å². The van der Waals surface area contributed by atoms with E-state index in [1.54, 1.807) is 6.20 Å². The molecule has 3 heterocycles. The summed E-state index contributed by atoms with van der Waals surface area (Å²) in [6.07, 6.45) is 8.59. The number of fused-ring (bicyclic) bond motifs is 1. The lowest BCUT2D eigenvalue weighted by molar-refractivity contribution is 0.0842. The first kappa shape index (κ1) is 22.3. The van der Waals surface area contributed by atoms with Crippen LogP contribution in [0.2, 0.25) is 5.28 Å². The smallest absolute Gasteiger partial charge is 0.223 e. The Hall–Kier alpha value is -1.87. The topological polar surface area (TPSA) is 59.3 Å². The molecule has 7 nitrogen and oxygen atoms in total. The van der Waals surface area contributed by atoms with Crippen molar-refractivity contribution < 1.29 is 4.74 Å². The first-order valence-corrected chi connectivity index (χ1v) is 13.9. The van der Waals surface area contributed by atoms with Gasteiger partial charge in [0.1, 0.15) is 23.5 Å². The maximum absolute atomic E-state index is 6.10. The number of piperazine rings is 1. The Balaban J connectivity index is 1.56. The van der Waals surface area contributed by atoms with Crippen LogP contribution in [0.25, 0.3) is 22.3 Å². The lowest BCUT2D eigenvalue weighted by atomic mass is 10.1. The fourth-order valence-electron chi connectivity index (χ4n) is 3.59. The molecular formula is C22H31ClN6OS. The van der Waals surface area contributed by atoms with Gasteiger partial charge in [-0.3, -0.25) is 0 Å². The molecule has 0 N–H and O–H groups in total. The summed E-state index contributed by atoms with van der Waals surface area (Å²) in [5.74, 6) is 1.06. The Labute approximate surface area is 190 Å². The van der Waals surface area contributed by atoms with Crippen molar-refractivity contribution in [3.8, 4) is 11.3 Å². The Morgan fingerprint density at radius 2 is 1.77 bits per heavy atom. The van der Waals surface area contributed by atoms with E-state index in [1.807, 2.05) is 4.68 Å². The Bertz CT molecular complexity index is 1020. The van der Waals surface area contributed by atoms with Crippen LogP contribution in [-0.4, -0.2) is 89.0 Å². The molecule has 31 heavy (non-hydrogen) atoms. The molecule has 9 heteroatoms. The average Bonchev–Trinajstić information content (AvgIpc) is 3.09. The third-order valence-corrected chi connectivity index (χ3v) is 7.10. The van der Waals surface area contributed by atoms with Crippen LogP contribution in [0.1, 0.15) is 0 Å². The minimum Gasteiger partial charge on any atom is -0.369 e. The molecule has 168 valence electrons. The highest BCUT2D eigenvalue weighted by molar-refractivity contribution is 8.32. The largest absolute Gasteiger partial charge is 0.369 e. The first-order chi connectivity index (χ1) is 14.8. The van der Waals surface area contributed by atoms with Gasteiger partial charge >= 0.3 is 0 Å². The van der Waals surface area contributed by atoms with Crippen molar-refractivity contribution in [3.63, 3.8) is 0 Å². The average molecular weight is 463 g/mol. The number of anilines is 1. The van der Waals surface area contributed by atoms with E-state index in [-0.39, 0.29) is 5.28 Å². The number of ether oxygens (including phenoxy) is 1. The zero-order valence-corrected chi connectivity index (χ0v) is 20.3. The normalized spacial score (nSPS) is 16.2. The van der Waals surface area contributed by atoms with Crippen LogP contribution in [0.15, 0.2) is 30.5 Å². The van der Waals surface area contributed by atoms with Gasteiger partial charge in [-0.1, -0.05) is 12.1 Å². The van der Waals surface area contributed by atoms with Crippen molar-refractivity contribution in [3.05, 3.63) is 35.7 Å². The summed E-state index contributed by atoms with van der Waals surface area (Å²) >= 11 is 6.10. The molecular weight excluding hydrogens is 432 g/mol. The summed E-state index contributed by atoms with van der Waals surface area (Å²) in [6.45, 7) is 5.35. The molecule has 0 aliphatic carbocycles. The molecule has 1 saturated heterocycles. The number of rotatable bonds is 7. The predicted molar refractivity (Wildman–Crippen MR) is 132 cm³/mol. The number of hydrogen-bond donors (Lipinski definition) is 0. The predicted octanol–water partition coefficient (Wildman–Crippen LogP) is 3.57. The van der Waals surface area contributed by atoms with Crippen LogP contribution in [-0.2, 0) is 11.5 Å². The molecule has 1 aliphatic heterocycles. The van der Waals surface area contributed by atoms with Crippen molar-refractivity contribution in [2.45, 2.75) is 6.73 Å². The standard InChI is InChI=1S/C22H31ClN6OS/c1-27-9-11-28(12-10-27)18-7-5-17(6-8-18)20-21-19(15-24-22(23)25-21)29(26-20)16-30-13-14-31(2,3)4/h5-8,15H,9-14,16H2,1-4H3. The van der Waals surface area contributed by atoms with E-state index in [4.69, 9.17) is 21.4 Å². The van der Waals surface area contributed by atoms with Gasteiger partial charge in [0.15, 0.2) is 0 Å².